The average molecular weight is 679 g/mol. The summed E-state index contributed by atoms with van der Waals surface area (Å²) < 4.78 is 103. The third-order valence-electron chi connectivity index (χ3n) is 7.55. The highest BCUT2D eigenvalue weighted by Crippen LogP contribution is 2.47. The van der Waals surface area contributed by atoms with Crippen molar-refractivity contribution in [2.24, 2.45) is 0 Å². The highest BCUT2D eigenvalue weighted by Gasteiger charge is 2.42. The lowest BCUT2D eigenvalue weighted by molar-refractivity contribution is -0.146. The second-order valence-corrected chi connectivity index (χ2v) is 10.8. The van der Waals surface area contributed by atoms with Crippen molar-refractivity contribution in [2.45, 2.75) is 83.5 Å². The Labute approximate surface area is 267 Å². The second kappa shape index (κ2) is 15.0. The molecule has 0 saturated heterocycles. The molecule has 2 aromatic rings. The molecule has 1 aliphatic heterocycles. The largest absolute Gasteiger partial charge is 0.493 e. The fraction of sp³-hybridized carbons (Fsp3) is 0.516. The number of hydrogen-bond donors (Lipinski definition) is 1. The van der Waals surface area contributed by atoms with Gasteiger partial charge in [-0.1, -0.05) is 13.3 Å². The van der Waals surface area contributed by atoms with Gasteiger partial charge in [0.15, 0.2) is 17.6 Å². The minimum Gasteiger partial charge on any atom is -0.493 e. The lowest BCUT2D eigenvalue weighted by atomic mass is 9.90. The van der Waals surface area contributed by atoms with Gasteiger partial charge in [0.25, 0.3) is 0 Å². The van der Waals surface area contributed by atoms with Crippen molar-refractivity contribution >= 4 is 23.8 Å². The topological polar surface area (TPSA) is 115 Å². The minimum absolute atomic E-state index is 0.00176. The number of rotatable bonds is 11. The van der Waals surface area contributed by atoms with Crippen LogP contribution in [0.1, 0.15) is 74.8 Å². The maximum absolute atomic E-state index is 13.6. The number of methoxy groups -OCH3 is 2. The number of fused-ring (bicyclic) bond motifs is 1. The summed E-state index contributed by atoms with van der Waals surface area (Å²) in [6.45, 7) is 4.29. The molecule has 3 rings (SSSR count). The molecule has 0 aromatic heterocycles. The zero-order chi connectivity index (χ0) is 35.3. The van der Waals surface area contributed by atoms with Crippen LogP contribution in [0, 0.1) is 0 Å². The number of carboxylic acids is 1. The first-order chi connectivity index (χ1) is 22.0. The zero-order valence-electron chi connectivity index (χ0n) is 26.3. The normalized spacial score (nSPS) is 17.0. The van der Waals surface area contributed by atoms with E-state index in [0.717, 1.165) is 12.0 Å². The summed E-state index contributed by atoms with van der Waals surface area (Å²) in [6, 6.07) is 1.89. The molecule has 2 amide bonds. The number of anilines is 1. The van der Waals surface area contributed by atoms with Crippen LogP contribution in [0.5, 0.6) is 11.5 Å². The molecule has 10 nitrogen and oxygen atoms in total. The van der Waals surface area contributed by atoms with E-state index in [1.54, 1.807) is 13.8 Å². The molecule has 0 saturated carbocycles. The third kappa shape index (κ3) is 8.71. The fourth-order valence-corrected chi connectivity index (χ4v) is 5.35. The number of amides is 2. The van der Waals surface area contributed by atoms with E-state index in [1.807, 2.05) is 6.92 Å². The summed E-state index contributed by atoms with van der Waals surface area (Å²) in [5, 5.41) is 9.75. The highest BCUT2D eigenvalue weighted by atomic mass is 19.4. The minimum atomic E-state index is -5.12. The number of carbonyl (C=O) groups excluding carboxylic acids is 2. The summed E-state index contributed by atoms with van der Waals surface area (Å²) in [4.78, 5) is 40.5. The van der Waals surface area contributed by atoms with Crippen molar-refractivity contribution in [1.82, 2.24) is 4.90 Å². The first-order valence-corrected chi connectivity index (χ1v) is 14.7. The first kappa shape index (κ1) is 37.1. The number of carbonyl (C=O) groups is 3. The van der Waals surface area contributed by atoms with Crippen LogP contribution in [0.4, 0.5) is 41.6 Å². The molecule has 1 N–H and O–H groups in total. The van der Waals surface area contributed by atoms with E-state index in [9.17, 15) is 45.8 Å². The van der Waals surface area contributed by atoms with Gasteiger partial charge in [-0.2, -0.15) is 26.3 Å². The standard InChI is InChI=1S/C31H36F6N2O8/c1-6-8-9-24(27(40)41)47-26-15-23-21(14-25(26)44-4)22(10-17(3)39(23)29(43)46-7-2)38(28(42)45-5)16-18-11-19(30(32,33)34)13-20(12-18)31(35,36)37/h11-15,17,22,24H,6-10,16H2,1-5H3,(H,40,41). The zero-order valence-corrected chi connectivity index (χ0v) is 26.3. The number of nitrogens with zero attached hydrogens (tertiary/aromatic N) is 2. The number of ether oxygens (including phenoxy) is 4. The summed E-state index contributed by atoms with van der Waals surface area (Å²) in [5.41, 5.74) is -3.31. The van der Waals surface area contributed by atoms with Crippen molar-refractivity contribution in [2.75, 3.05) is 25.7 Å². The Morgan fingerprint density at radius 2 is 1.60 bits per heavy atom. The Bertz CT molecular complexity index is 1420. The number of benzene rings is 2. The molecule has 0 spiro atoms. The quantitative estimate of drug-likeness (QED) is 0.239. The maximum Gasteiger partial charge on any atom is 0.416 e. The van der Waals surface area contributed by atoms with Gasteiger partial charge in [0.2, 0.25) is 0 Å². The summed E-state index contributed by atoms with van der Waals surface area (Å²) in [7, 11) is 2.26. The number of unbranched alkanes of at least 4 members (excludes halogenated alkanes) is 1. The summed E-state index contributed by atoms with van der Waals surface area (Å²) in [5.74, 6) is -1.31. The first-order valence-electron chi connectivity index (χ1n) is 14.7. The lowest BCUT2D eigenvalue weighted by Crippen LogP contribution is -2.47. The van der Waals surface area contributed by atoms with Crippen molar-refractivity contribution in [3.63, 3.8) is 0 Å². The molecule has 0 fully saturated rings. The summed E-state index contributed by atoms with van der Waals surface area (Å²) >= 11 is 0. The van der Waals surface area contributed by atoms with Crippen LogP contribution in [0.25, 0.3) is 0 Å². The molecule has 16 heteroatoms. The van der Waals surface area contributed by atoms with Crippen LogP contribution in [0.2, 0.25) is 0 Å². The Balaban J connectivity index is 2.23. The van der Waals surface area contributed by atoms with Crippen LogP contribution < -0.4 is 14.4 Å². The van der Waals surface area contributed by atoms with E-state index < -0.39 is 71.9 Å². The third-order valence-corrected chi connectivity index (χ3v) is 7.55. The predicted molar refractivity (Wildman–Crippen MR) is 155 cm³/mol. The van der Waals surface area contributed by atoms with Crippen LogP contribution >= 0.6 is 0 Å². The SMILES string of the molecule is CCCCC(Oc1cc2c(cc1OC)C(N(Cc1cc(C(F)(F)F)cc(C(F)(F)F)c1)C(=O)OC)CC(C)N2C(=O)OCC)C(=O)O. The van der Waals surface area contributed by atoms with E-state index in [2.05, 4.69) is 0 Å². The fourth-order valence-electron chi connectivity index (χ4n) is 5.35. The Kier molecular flexibility index (Phi) is 11.9. The smallest absolute Gasteiger partial charge is 0.416 e. The monoisotopic (exact) mass is 678 g/mol. The molecule has 2 aromatic carbocycles. The van der Waals surface area contributed by atoms with Crippen molar-refractivity contribution < 1.29 is 64.8 Å². The number of alkyl halides is 6. The summed E-state index contributed by atoms with van der Waals surface area (Å²) in [6.07, 6.45) is -12.1. The lowest BCUT2D eigenvalue weighted by Gasteiger charge is -2.42. The predicted octanol–water partition coefficient (Wildman–Crippen LogP) is 7.82. The molecule has 3 atom stereocenters. The van der Waals surface area contributed by atoms with Gasteiger partial charge >= 0.3 is 30.5 Å². The average Bonchev–Trinajstić information content (AvgIpc) is 2.99. The second-order valence-electron chi connectivity index (χ2n) is 10.8. The maximum atomic E-state index is 13.6. The Hall–Kier alpha value is -4.37. The van der Waals surface area contributed by atoms with Gasteiger partial charge in [-0.15, -0.1) is 0 Å². The number of aliphatic carboxylic acids is 1. The van der Waals surface area contributed by atoms with E-state index in [4.69, 9.17) is 18.9 Å². The molecule has 0 bridgehead atoms. The van der Waals surface area contributed by atoms with Crippen molar-refractivity contribution in [3.8, 4) is 11.5 Å². The molecular weight excluding hydrogens is 642 g/mol. The highest BCUT2D eigenvalue weighted by molar-refractivity contribution is 5.91. The molecule has 0 aliphatic carbocycles. The Morgan fingerprint density at radius 1 is 0.979 bits per heavy atom. The van der Waals surface area contributed by atoms with Crippen LogP contribution in [0.15, 0.2) is 30.3 Å². The molecule has 0 radical (unpaired) electrons. The molecule has 1 aliphatic rings. The molecule has 3 unspecified atom stereocenters. The van der Waals surface area contributed by atoms with Gasteiger partial charge < -0.3 is 24.1 Å². The van der Waals surface area contributed by atoms with E-state index in [-0.39, 0.29) is 48.3 Å². The molecule has 47 heavy (non-hydrogen) atoms. The van der Waals surface area contributed by atoms with E-state index >= 15 is 0 Å². The van der Waals surface area contributed by atoms with E-state index in [1.165, 1.54) is 24.1 Å². The van der Waals surface area contributed by atoms with E-state index in [0.29, 0.717) is 25.0 Å². The van der Waals surface area contributed by atoms with Gasteiger partial charge in [-0.25, -0.2) is 14.4 Å². The Morgan fingerprint density at radius 3 is 2.09 bits per heavy atom. The number of hydrogen-bond acceptors (Lipinski definition) is 7. The molecule has 260 valence electrons. The number of halogens is 6. The molecule has 1 heterocycles. The van der Waals surface area contributed by atoms with Crippen LogP contribution in [0.3, 0.4) is 0 Å². The van der Waals surface area contributed by atoms with Gasteiger partial charge in [0.05, 0.1) is 43.7 Å². The van der Waals surface area contributed by atoms with Crippen LogP contribution in [-0.4, -0.2) is 61.1 Å². The van der Waals surface area contributed by atoms with Crippen molar-refractivity contribution in [1.29, 1.82) is 0 Å². The van der Waals surface area contributed by atoms with Gasteiger partial charge in [0, 0.05) is 24.2 Å². The van der Waals surface area contributed by atoms with Crippen LogP contribution in [-0.2, 0) is 33.2 Å². The van der Waals surface area contributed by atoms with Crippen molar-refractivity contribution in [3.05, 3.63) is 52.6 Å². The van der Waals surface area contributed by atoms with Gasteiger partial charge in [-0.05, 0) is 62.9 Å². The van der Waals surface area contributed by atoms with Gasteiger partial charge in [0.1, 0.15) is 0 Å². The molecular formula is C31H36F6N2O8. The van der Waals surface area contributed by atoms with Gasteiger partial charge in [-0.3, -0.25) is 9.80 Å². The number of carboxylic acid groups (broad SMARTS) is 1.